The molecule has 4 rings (SSSR count). The van der Waals surface area contributed by atoms with E-state index in [0.29, 0.717) is 36.7 Å². The largest absolute Gasteiger partial charge is 0.380 e. The van der Waals surface area contributed by atoms with Gasteiger partial charge in [-0.15, -0.1) is 11.3 Å². The van der Waals surface area contributed by atoms with Gasteiger partial charge in [-0.25, -0.2) is 8.42 Å². The van der Waals surface area contributed by atoms with Crippen molar-refractivity contribution in [2.24, 2.45) is 5.92 Å². The number of benzene rings is 1. The molecule has 0 aliphatic carbocycles. The molecule has 28 heavy (non-hydrogen) atoms. The van der Waals surface area contributed by atoms with Crippen molar-refractivity contribution in [3.8, 4) is 0 Å². The lowest BCUT2D eigenvalue weighted by atomic mass is 9.96. The summed E-state index contributed by atoms with van der Waals surface area (Å²) in [6.45, 7) is 2.30. The molecule has 150 valence electrons. The van der Waals surface area contributed by atoms with E-state index in [0.717, 1.165) is 18.7 Å². The highest BCUT2D eigenvalue weighted by Crippen LogP contribution is 2.28. The van der Waals surface area contributed by atoms with Gasteiger partial charge in [-0.3, -0.25) is 4.79 Å². The van der Waals surface area contributed by atoms with E-state index in [1.54, 1.807) is 17.5 Å². The van der Waals surface area contributed by atoms with E-state index in [1.165, 1.54) is 15.6 Å². The Morgan fingerprint density at radius 3 is 2.43 bits per heavy atom. The first-order valence-electron chi connectivity index (χ1n) is 9.68. The number of carbonyl (C=O) groups is 1. The van der Waals surface area contributed by atoms with Crippen LogP contribution in [0, 0.1) is 5.92 Å². The molecular weight excluding hydrogens is 394 g/mol. The van der Waals surface area contributed by atoms with Crippen molar-refractivity contribution in [2.75, 3.05) is 31.5 Å². The molecule has 0 bridgehead atoms. The van der Waals surface area contributed by atoms with Crippen LogP contribution in [0.15, 0.2) is 52.1 Å². The van der Waals surface area contributed by atoms with Crippen LogP contribution in [0.1, 0.15) is 19.3 Å². The molecule has 2 fully saturated rings. The van der Waals surface area contributed by atoms with Gasteiger partial charge >= 0.3 is 0 Å². The molecule has 0 saturated carbocycles. The van der Waals surface area contributed by atoms with Crippen molar-refractivity contribution in [3.63, 3.8) is 0 Å². The Hall–Kier alpha value is -1.90. The average molecular weight is 420 g/mol. The second-order valence-corrected chi connectivity index (χ2v) is 10.5. The fourth-order valence-corrected chi connectivity index (χ4v) is 6.60. The van der Waals surface area contributed by atoms with Crippen LogP contribution in [0.5, 0.6) is 0 Å². The molecule has 0 spiro atoms. The van der Waals surface area contributed by atoms with Gasteiger partial charge in [0.15, 0.2) is 0 Å². The summed E-state index contributed by atoms with van der Waals surface area (Å²) >= 11 is 1.24. The maximum Gasteiger partial charge on any atom is 0.252 e. The van der Waals surface area contributed by atoms with Gasteiger partial charge in [0.05, 0.1) is 0 Å². The minimum absolute atomic E-state index is 0.0785. The van der Waals surface area contributed by atoms with Gasteiger partial charge in [0.25, 0.3) is 10.0 Å². The minimum atomic E-state index is -3.41. The summed E-state index contributed by atoms with van der Waals surface area (Å²) in [6, 6.07) is 13.7. The number of likely N-dealkylation sites (tertiary alicyclic amines) is 1. The van der Waals surface area contributed by atoms with Gasteiger partial charge < -0.3 is 10.2 Å². The third-order valence-electron chi connectivity index (χ3n) is 5.54. The number of sulfonamides is 1. The summed E-state index contributed by atoms with van der Waals surface area (Å²) in [5.41, 5.74) is 1.08. The zero-order chi connectivity index (χ0) is 19.6. The number of para-hydroxylation sites is 1. The number of anilines is 1. The molecule has 0 radical (unpaired) electrons. The Labute approximate surface area is 170 Å². The van der Waals surface area contributed by atoms with E-state index in [-0.39, 0.29) is 17.9 Å². The van der Waals surface area contributed by atoms with E-state index in [1.807, 2.05) is 35.2 Å². The Balaban J connectivity index is 1.30. The number of amides is 1. The quantitative estimate of drug-likeness (QED) is 0.809. The molecule has 2 aromatic rings. The number of nitrogens with one attached hydrogen (secondary N) is 1. The van der Waals surface area contributed by atoms with Gasteiger partial charge in [-0.05, 0) is 42.8 Å². The number of nitrogens with zero attached hydrogens (tertiary/aromatic N) is 2. The second-order valence-electron chi connectivity index (χ2n) is 7.39. The average Bonchev–Trinajstić information content (AvgIpc) is 3.41. The van der Waals surface area contributed by atoms with Crippen LogP contribution in [0.25, 0.3) is 0 Å². The predicted octanol–water partition coefficient (Wildman–Crippen LogP) is 2.86. The van der Waals surface area contributed by atoms with Crippen LogP contribution in [0.3, 0.4) is 0 Å². The number of thiophene rings is 1. The Morgan fingerprint density at radius 2 is 1.75 bits per heavy atom. The minimum Gasteiger partial charge on any atom is -0.380 e. The van der Waals surface area contributed by atoms with Crippen LogP contribution in [0.4, 0.5) is 5.69 Å². The van der Waals surface area contributed by atoms with Crippen LogP contribution < -0.4 is 5.32 Å². The lowest BCUT2D eigenvalue weighted by Gasteiger charge is -2.32. The smallest absolute Gasteiger partial charge is 0.252 e. The zero-order valence-corrected chi connectivity index (χ0v) is 17.3. The molecule has 2 aliphatic heterocycles. The maximum absolute atomic E-state index is 12.9. The molecule has 1 unspecified atom stereocenters. The number of rotatable bonds is 5. The summed E-state index contributed by atoms with van der Waals surface area (Å²) in [4.78, 5) is 14.9. The topological polar surface area (TPSA) is 69.7 Å². The normalized spacial score (nSPS) is 21.7. The molecule has 3 heterocycles. The molecule has 1 aromatic carbocycles. The molecule has 2 aliphatic rings. The molecule has 1 amide bonds. The number of piperidine rings is 1. The highest BCUT2D eigenvalue weighted by atomic mass is 32.2. The zero-order valence-electron chi connectivity index (χ0n) is 15.7. The molecular formula is C20H25N3O3S2. The van der Waals surface area contributed by atoms with Gasteiger partial charge in [-0.1, -0.05) is 24.3 Å². The molecule has 1 N–H and O–H groups in total. The molecule has 1 atom stereocenters. The van der Waals surface area contributed by atoms with Crippen molar-refractivity contribution in [1.29, 1.82) is 0 Å². The van der Waals surface area contributed by atoms with Crippen LogP contribution in [-0.2, 0) is 14.8 Å². The first-order chi connectivity index (χ1) is 13.5. The maximum atomic E-state index is 12.9. The van der Waals surface area contributed by atoms with Crippen LogP contribution in [0.2, 0.25) is 0 Å². The highest BCUT2D eigenvalue weighted by molar-refractivity contribution is 7.91. The fraction of sp³-hybridized carbons (Fsp3) is 0.450. The number of hydrogen-bond donors (Lipinski definition) is 1. The van der Waals surface area contributed by atoms with Crippen LogP contribution in [-0.4, -0.2) is 55.8 Å². The van der Waals surface area contributed by atoms with Crippen LogP contribution >= 0.6 is 11.3 Å². The molecule has 8 heteroatoms. The highest BCUT2D eigenvalue weighted by Gasteiger charge is 2.36. The Morgan fingerprint density at radius 1 is 1.00 bits per heavy atom. The first kappa shape index (κ1) is 19.4. The summed E-state index contributed by atoms with van der Waals surface area (Å²) in [5.74, 6) is 0.0933. The first-order valence-corrected chi connectivity index (χ1v) is 12.0. The Bertz CT molecular complexity index is 892. The van der Waals surface area contributed by atoms with Crippen molar-refractivity contribution in [2.45, 2.75) is 29.5 Å². The van der Waals surface area contributed by atoms with Crippen molar-refractivity contribution in [3.05, 3.63) is 47.8 Å². The molecule has 6 nitrogen and oxygen atoms in total. The van der Waals surface area contributed by atoms with Crippen molar-refractivity contribution >= 4 is 33.0 Å². The van der Waals surface area contributed by atoms with Crippen molar-refractivity contribution in [1.82, 2.24) is 9.21 Å². The van der Waals surface area contributed by atoms with Gasteiger partial charge in [0.1, 0.15) is 4.21 Å². The lowest BCUT2D eigenvalue weighted by molar-refractivity contribution is -0.135. The Kier molecular flexibility index (Phi) is 5.70. The van der Waals surface area contributed by atoms with Gasteiger partial charge in [-0.2, -0.15) is 4.31 Å². The molecule has 1 aromatic heterocycles. The van der Waals surface area contributed by atoms with E-state index in [2.05, 4.69) is 5.32 Å². The van der Waals surface area contributed by atoms with E-state index in [4.69, 9.17) is 0 Å². The van der Waals surface area contributed by atoms with Gasteiger partial charge in [0.2, 0.25) is 5.91 Å². The lowest BCUT2D eigenvalue weighted by Crippen LogP contribution is -2.44. The summed E-state index contributed by atoms with van der Waals surface area (Å²) in [5, 5.41) is 5.27. The van der Waals surface area contributed by atoms with E-state index < -0.39 is 10.0 Å². The summed E-state index contributed by atoms with van der Waals surface area (Å²) in [6.07, 6.45) is 2.12. The third-order valence-corrected chi connectivity index (χ3v) is 8.81. The summed E-state index contributed by atoms with van der Waals surface area (Å²) in [7, 11) is -3.41. The van der Waals surface area contributed by atoms with Crippen molar-refractivity contribution < 1.29 is 13.2 Å². The SMILES string of the molecule is O=C(C1CCN(S(=O)(=O)c2cccs2)CC1)N1CCC(Nc2ccccc2)C1. The molecule has 2 saturated heterocycles. The third kappa shape index (κ3) is 4.09. The van der Waals surface area contributed by atoms with E-state index >= 15 is 0 Å². The predicted molar refractivity (Wildman–Crippen MR) is 111 cm³/mol. The second kappa shape index (κ2) is 8.23. The summed E-state index contributed by atoms with van der Waals surface area (Å²) < 4.78 is 27.2. The standard InChI is InChI=1S/C20H25N3O3S2/c24-20(22-11-10-18(15-22)21-17-5-2-1-3-6-17)16-8-12-23(13-9-16)28(25,26)19-7-4-14-27-19/h1-7,14,16,18,21H,8-13,15H2. The van der Waals surface area contributed by atoms with Gasteiger partial charge in [0, 0.05) is 43.8 Å². The fourth-order valence-electron chi connectivity index (χ4n) is 3.99. The van der Waals surface area contributed by atoms with E-state index in [9.17, 15) is 13.2 Å². The monoisotopic (exact) mass is 419 g/mol. The number of hydrogen-bond acceptors (Lipinski definition) is 5. The number of carbonyl (C=O) groups excluding carboxylic acids is 1.